The largest absolute Gasteiger partial charge is 0.492 e. The molecule has 2 heterocycles. The minimum absolute atomic E-state index is 0.229. The summed E-state index contributed by atoms with van der Waals surface area (Å²) >= 11 is 0. The van der Waals surface area contributed by atoms with Gasteiger partial charge in [-0.1, -0.05) is 6.07 Å². The molecule has 84 valence electrons. The minimum Gasteiger partial charge on any atom is -0.492 e. The number of nitrogens with zero attached hydrogens (tertiary/aromatic N) is 1. The molecule has 0 amide bonds. The maximum Gasteiger partial charge on any atom is 0.172 e. The van der Waals surface area contributed by atoms with Crippen LogP contribution in [0.25, 0.3) is 0 Å². The van der Waals surface area contributed by atoms with E-state index in [4.69, 9.17) is 4.74 Å². The summed E-state index contributed by atoms with van der Waals surface area (Å²) in [6, 6.07) is 4.05. The van der Waals surface area contributed by atoms with Crippen LogP contribution in [0.5, 0.6) is 5.75 Å². The van der Waals surface area contributed by atoms with Crippen LogP contribution in [0.15, 0.2) is 12.1 Å². The molecule has 0 fully saturated rings. The number of anilines is 1. The molecule has 3 nitrogen and oxygen atoms in total. The molecule has 0 unspecified atom stereocenters. The van der Waals surface area contributed by atoms with Gasteiger partial charge in [-0.05, 0) is 24.5 Å². The lowest BCUT2D eigenvalue weighted by Gasteiger charge is -2.31. The lowest BCUT2D eigenvalue weighted by molar-refractivity contribution is 0.0934. The first kappa shape index (κ1) is 9.70. The Kier molecular flexibility index (Phi) is 2.13. The lowest BCUT2D eigenvalue weighted by atomic mass is 9.93. The Labute approximate surface area is 95.0 Å². The number of carbonyl (C=O) groups excluding carboxylic acids is 1. The van der Waals surface area contributed by atoms with Crippen molar-refractivity contribution >= 4 is 11.5 Å². The van der Waals surface area contributed by atoms with Crippen molar-refractivity contribution in [3.8, 4) is 5.75 Å². The maximum absolute atomic E-state index is 12.0. The van der Waals surface area contributed by atoms with Crippen molar-refractivity contribution in [3.63, 3.8) is 0 Å². The topological polar surface area (TPSA) is 29.5 Å². The zero-order valence-electron chi connectivity index (χ0n) is 9.45. The van der Waals surface area contributed by atoms with Crippen molar-refractivity contribution in [3.05, 3.63) is 23.3 Å². The summed E-state index contributed by atoms with van der Waals surface area (Å²) in [5.74, 6) is 0.996. The van der Waals surface area contributed by atoms with Crippen molar-refractivity contribution in [2.24, 2.45) is 0 Å². The van der Waals surface area contributed by atoms with Crippen molar-refractivity contribution in [1.29, 1.82) is 0 Å². The van der Waals surface area contributed by atoms with Gasteiger partial charge >= 0.3 is 0 Å². The monoisotopic (exact) mass is 217 g/mol. The first-order valence-electron chi connectivity index (χ1n) is 5.80. The Morgan fingerprint density at radius 3 is 3.06 bits per heavy atom. The van der Waals surface area contributed by atoms with Crippen LogP contribution in [0.1, 0.15) is 28.8 Å². The van der Waals surface area contributed by atoms with Gasteiger partial charge < -0.3 is 9.64 Å². The molecule has 0 aliphatic carbocycles. The Morgan fingerprint density at radius 1 is 1.31 bits per heavy atom. The molecule has 0 aromatic heterocycles. The predicted octanol–water partition coefficient (Wildman–Crippen LogP) is 2.03. The van der Waals surface area contributed by atoms with Crippen LogP contribution in [0.2, 0.25) is 0 Å². The average Bonchev–Trinajstić information content (AvgIpc) is 2.29. The number of hydrogen-bond acceptors (Lipinski definition) is 3. The van der Waals surface area contributed by atoms with Gasteiger partial charge in [-0.3, -0.25) is 4.79 Å². The number of fused-ring (bicyclic) bond motifs is 3. The van der Waals surface area contributed by atoms with E-state index >= 15 is 0 Å². The zero-order valence-corrected chi connectivity index (χ0v) is 9.45. The molecule has 1 aromatic carbocycles. The third-order valence-electron chi connectivity index (χ3n) is 3.41. The molecule has 0 radical (unpaired) electrons. The van der Waals surface area contributed by atoms with E-state index in [1.807, 2.05) is 6.07 Å². The van der Waals surface area contributed by atoms with E-state index in [2.05, 4.69) is 18.0 Å². The fourth-order valence-electron chi connectivity index (χ4n) is 2.64. The van der Waals surface area contributed by atoms with Gasteiger partial charge in [0.15, 0.2) is 5.78 Å². The molecule has 1 aromatic rings. The van der Waals surface area contributed by atoms with Gasteiger partial charge in [0.2, 0.25) is 0 Å². The first-order chi connectivity index (χ1) is 7.77. The highest BCUT2D eigenvalue weighted by Crippen LogP contribution is 2.38. The van der Waals surface area contributed by atoms with Crippen molar-refractivity contribution < 1.29 is 9.53 Å². The van der Waals surface area contributed by atoms with E-state index in [1.165, 1.54) is 5.56 Å². The van der Waals surface area contributed by atoms with Crippen LogP contribution in [0, 0.1) is 0 Å². The van der Waals surface area contributed by atoms with Gasteiger partial charge in [0.25, 0.3) is 0 Å². The number of aryl methyl sites for hydroxylation is 1. The van der Waals surface area contributed by atoms with Crippen LogP contribution >= 0.6 is 0 Å². The van der Waals surface area contributed by atoms with E-state index in [0.29, 0.717) is 13.0 Å². The molecule has 2 aliphatic rings. The fraction of sp³-hybridized carbons (Fsp3) is 0.462. The van der Waals surface area contributed by atoms with Crippen molar-refractivity contribution in [2.75, 3.05) is 25.1 Å². The van der Waals surface area contributed by atoms with Crippen LogP contribution in [0.3, 0.4) is 0 Å². The van der Waals surface area contributed by atoms with E-state index in [-0.39, 0.29) is 5.78 Å². The summed E-state index contributed by atoms with van der Waals surface area (Å²) in [6.07, 6.45) is 2.74. The van der Waals surface area contributed by atoms with Crippen molar-refractivity contribution in [2.45, 2.75) is 19.3 Å². The third-order valence-corrected chi connectivity index (χ3v) is 3.41. The molecule has 0 saturated heterocycles. The highest BCUT2D eigenvalue weighted by Gasteiger charge is 2.27. The van der Waals surface area contributed by atoms with E-state index in [9.17, 15) is 4.79 Å². The number of hydrogen-bond donors (Lipinski definition) is 0. The SMILES string of the molecule is CN1CCCc2ccc3c(c21)C(=O)CCO3. The Morgan fingerprint density at radius 2 is 2.19 bits per heavy atom. The van der Waals surface area contributed by atoms with Gasteiger partial charge in [0.1, 0.15) is 5.75 Å². The third kappa shape index (κ3) is 1.31. The smallest absolute Gasteiger partial charge is 0.172 e. The summed E-state index contributed by atoms with van der Waals surface area (Å²) in [5, 5.41) is 0. The lowest BCUT2D eigenvalue weighted by Crippen LogP contribution is -2.29. The molecule has 0 spiro atoms. The highest BCUT2D eigenvalue weighted by atomic mass is 16.5. The van der Waals surface area contributed by atoms with Gasteiger partial charge in [-0.2, -0.15) is 0 Å². The minimum atomic E-state index is 0.229. The summed E-state index contributed by atoms with van der Waals surface area (Å²) in [5.41, 5.74) is 3.20. The normalized spacial score (nSPS) is 18.8. The predicted molar refractivity (Wildman–Crippen MR) is 62.5 cm³/mol. The molecular weight excluding hydrogens is 202 g/mol. The molecular formula is C13H15NO2. The number of rotatable bonds is 0. The van der Waals surface area contributed by atoms with Gasteiger partial charge in [-0.25, -0.2) is 0 Å². The van der Waals surface area contributed by atoms with E-state index in [1.54, 1.807) is 0 Å². The molecule has 0 saturated carbocycles. The van der Waals surface area contributed by atoms with Crippen LogP contribution in [-0.2, 0) is 6.42 Å². The van der Waals surface area contributed by atoms with Crippen molar-refractivity contribution in [1.82, 2.24) is 0 Å². The van der Waals surface area contributed by atoms with E-state index < -0.39 is 0 Å². The zero-order chi connectivity index (χ0) is 11.1. The average molecular weight is 217 g/mol. The van der Waals surface area contributed by atoms with E-state index in [0.717, 1.165) is 36.4 Å². The number of ether oxygens (including phenoxy) is 1. The molecule has 0 bridgehead atoms. The van der Waals surface area contributed by atoms with Gasteiger partial charge in [-0.15, -0.1) is 0 Å². The standard InChI is InChI=1S/C13H15NO2/c1-14-7-2-3-9-4-5-11-12(13(9)14)10(15)6-8-16-11/h4-5H,2-3,6-8H2,1H3. The molecule has 3 rings (SSSR count). The Balaban J connectivity index is 2.22. The molecule has 16 heavy (non-hydrogen) atoms. The second-order valence-electron chi connectivity index (χ2n) is 4.49. The number of benzene rings is 1. The maximum atomic E-state index is 12.0. The molecule has 0 N–H and O–H groups in total. The second kappa shape index (κ2) is 3.51. The Bertz CT molecular complexity index is 453. The number of Topliss-reactive ketones (excluding diaryl/α,β-unsaturated/α-hetero) is 1. The van der Waals surface area contributed by atoms with Crippen LogP contribution in [-0.4, -0.2) is 26.0 Å². The summed E-state index contributed by atoms with van der Waals surface area (Å²) in [6.45, 7) is 1.55. The summed E-state index contributed by atoms with van der Waals surface area (Å²) in [7, 11) is 2.06. The number of carbonyl (C=O) groups is 1. The first-order valence-corrected chi connectivity index (χ1v) is 5.80. The Hall–Kier alpha value is -1.51. The summed E-state index contributed by atoms with van der Waals surface area (Å²) < 4.78 is 5.56. The summed E-state index contributed by atoms with van der Waals surface area (Å²) in [4.78, 5) is 14.2. The molecule has 3 heteroatoms. The van der Waals surface area contributed by atoms with Crippen LogP contribution in [0.4, 0.5) is 5.69 Å². The second-order valence-corrected chi connectivity index (χ2v) is 4.49. The molecule has 2 aliphatic heterocycles. The van der Waals surface area contributed by atoms with Crippen LogP contribution < -0.4 is 9.64 Å². The molecule has 0 atom stereocenters. The quantitative estimate of drug-likeness (QED) is 0.666. The highest BCUT2D eigenvalue weighted by molar-refractivity contribution is 6.05. The number of ketones is 1. The van der Waals surface area contributed by atoms with Gasteiger partial charge in [0.05, 0.1) is 17.9 Å². The van der Waals surface area contributed by atoms with Gasteiger partial charge in [0, 0.05) is 20.0 Å². The fourth-order valence-corrected chi connectivity index (χ4v) is 2.64.